The molecule has 1 heterocycles. The number of amides is 1. The number of aromatic amines is 1. The lowest BCUT2D eigenvalue weighted by Gasteiger charge is -2.30. The van der Waals surface area contributed by atoms with E-state index < -0.39 is 27.4 Å². The minimum absolute atomic E-state index is 0.0368. The Balaban J connectivity index is 2.62. The molecule has 10 nitrogen and oxygen atoms in total. The van der Waals surface area contributed by atoms with Crippen molar-refractivity contribution in [1.29, 1.82) is 0 Å². The van der Waals surface area contributed by atoms with Gasteiger partial charge in [0.15, 0.2) is 0 Å². The maximum Gasteiger partial charge on any atom is 0.263 e. The van der Waals surface area contributed by atoms with Gasteiger partial charge in [-0.25, -0.2) is 8.42 Å². The molecular formula is C36H59N5O5S. The number of carbonyl (C=O) groups is 1. The largest absolute Gasteiger partial charge is 0.493 e. The minimum atomic E-state index is -3.98. The SMILES string of the molecule is CCCCC(CC)CN(CC(CCC)CCCC)S(=O)(=O)c1ccccc1/N=N/c1c(O)[nH]c(=O)c(C(=O)N(CCC)CCC)c1C. The van der Waals surface area contributed by atoms with Crippen LogP contribution in [0.25, 0.3) is 0 Å². The van der Waals surface area contributed by atoms with E-state index in [1.165, 1.54) is 0 Å². The van der Waals surface area contributed by atoms with Crippen molar-refractivity contribution >= 4 is 27.3 Å². The van der Waals surface area contributed by atoms with E-state index in [9.17, 15) is 23.1 Å². The summed E-state index contributed by atoms with van der Waals surface area (Å²) in [5.41, 5.74) is -0.607. The van der Waals surface area contributed by atoms with Crippen LogP contribution in [0.3, 0.4) is 0 Å². The smallest absolute Gasteiger partial charge is 0.263 e. The molecule has 0 saturated heterocycles. The number of aromatic nitrogens is 1. The molecule has 0 aliphatic heterocycles. The molecule has 264 valence electrons. The third-order valence-electron chi connectivity index (χ3n) is 8.77. The van der Waals surface area contributed by atoms with Crippen LogP contribution < -0.4 is 5.56 Å². The van der Waals surface area contributed by atoms with Gasteiger partial charge in [0.2, 0.25) is 15.9 Å². The summed E-state index contributed by atoms with van der Waals surface area (Å²) in [6.45, 7) is 15.9. The van der Waals surface area contributed by atoms with E-state index in [-0.39, 0.29) is 39.2 Å². The predicted molar refractivity (Wildman–Crippen MR) is 191 cm³/mol. The standard InChI is InChI=1S/C36H59N5O5S/c1-8-14-19-28(13-6)25-41(26-29(18-10-3)20-15-9-2)47(45,46)31-22-17-16-21-30(31)38-39-33-27(7)32(34(42)37-35(33)43)36(44)40(23-11-4)24-12-5/h16-17,21-22,28-29H,8-15,18-20,23-26H2,1-7H3,(H2,37,42,43)/b39-38+. The highest BCUT2D eigenvalue weighted by molar-refractivity contribution is 7.89. The lowest BCUT2D eigenvalue weighted by Crippen LogP contribution is -2.39. The summed E-state index contributed by atoms with van der Waals surface area (Å²) in [4.78, 5) is 30.3. The second kappa shape index (κ2) is 20.3. The molecule has 1 aromatic carbocycles. The molecule has 0 fully saturated rings. The maximum atomic E-state index is 14.5. The third-order valence-corrected chi connectivity index (χ3v) is 10.7. The zero-order chi connectivity index (χ0) is 35.0. The number of sulfonamides is 1. The topological polar surface area (TPSA) is 136 Å². The van der Waals surface area contributed by atoms with Gasteiger partial charge in [-0.1, -0.05) is 92.2 Å². The molecule has 47 heavy (non-hydrogen) atoms. The summed E-state index contributed by atoms with van der Waals surface area (Å²) < 4.78 is 30.7. The molecule has 0 aliphatic rings. The normalized spacial score (nSPS) is 13.4. The number of rotatable bonds is 22. The van der Waals surface area contributed by atoms with Gasteiger partial charge in [0.1, 0.15) is 21.8 Å². The molecule has 0 bridgehead atoms. The average molecular weight is 674 g/mol. The van der Waals surface area contributed by atoms with Gasteiger partial charge in [-0.05, 0) is 63.0 Å². The predicted octanol–water partition coefficient (Wildman–Crippen LogP) is 8.88. The van der Waals surface area contributed by atoms with Gasteiger partial charge in [0.25, 0.3) is 11.5 Å². The summed E-state index contributed by atoms with van der Waals surface area (Å²) in [6.07, 6.45) is 10.4. The Hall–Kier alpha value is -3.05. The van der Waals surface area contributed by atoms with Crippen LogP contribution in [-0.2, 0) is 10.0 Å². The molecule has 1 aromatic heterocycles. The Morgan fingerprint density at radius 1 is 0.851 bits per heavy atom. The van der Waals surface area contributed by atoms with E-state index in [1.54, 1.807) is 40.4 Å². The molecule has 2 N–H and O–H groups in total. The third kappa shape index (κ3) is 11.3. The van der Waals surface area contributed by atoms with Gasteiger partial charge in [0.05, 0.1) is 0 Å². The molecule has 2 aromatic rings. The number of carbonyl (C=O) groups excluding carboxylic acids is 1. The van der Waals surface area contributed by atoms with Crippen LogP contribution in [-0.4, -0.2) is 59.8 Å². The first kappa shape index (κ1) is 40.1. The number of azo groups is 1. The fourth-order valence-corrected chi connectivity index (χ4v) is 7.80. The highest BCUT2D eigenvalue weighted by atomic mass is 32.2. The van der Waals surface area contributed by atoms with E-state index in [0.29, 0.717) is 26.2 Å². The molecule has 0 aliphatic carbocycles. The van der Waals surface area contributed by atoms with Gasteiger partial charge >= 0.3 is 0 Å². The average Bonchev–Trinajstić information content (AvgIpc) is 3.04. The van der Waals surface area contributed by atoms with E-state index in [4.69, 9.17) is 0 Å². The Morgan fingerprint density at radius 3 is 2.02 bits per heavy atom. The Kier molecular flexibility index (Phi) is 17.4. The zero-order valence-electron chi connectivity index (χ0n) is 29.8. The van der Waals surface area contributed by atoms with E-state index in [0.717, 1.165) is 70.6 Å². The molecule has 0 saturated carbocycles. The van der Waals surface area contributed by atoms with Crippen LogP contribution in [0, 0.1) is 18.8 Å². The first-order valence-electron chi connectivity index (χ1n) is 17.8. The first-order chi connectivity index (χ1) is 22.5. The molecule has 2 rings (SSSR count). The Labute approximate surface area is 283 Å². The van der Waals surface area contributed by atoms with Gasteiger partial charge < -0.3 is 10.0 Å². The fraction of sp³-hybridized carbons (Fsp3) is 0.667. The van der Waals surface area contributed by atoms with Crippen molar-refractivity contribution in [1.82, 2.24) is 14.2 Å². The van der Waals surface area contributed by atoms with Crippen LogP contribution in [0.2, 0.25) is 0 Å². The summed E-state index contributed by atoms with van der Waals surface area (Å²) in [6, 6.07) is 6.50. The second-order valence-electron chi connectivity index (χ2n) is 12.6. The number of pyridine rings is 1. The van der Waals surface area contributed by atoms with Gasteiger partial charge in [-0.3, -0.25) is 14.6 Å². The van der Waals surface area contributed by atoms with Crippen LogP contribution in [0.5, 0.6) is 5.88 Å². The summed E-state index contributed by atoms with van der Waals surface area (Å²) in [7, 11) is -3.98. The summed E-state index contributed by atoms with van der Waals surface area (Å²) >= 11 is 0. The van der Waals surface area contributed by atoms with E-state index in [1.807, 2.05) is 13.8 Å². The van der Waals surface area contributed by atoms with Crippen LogP contribution in [0.15, 0.2) is 44.2 Å². The van der Waals surface area contributed by atoms with Crippen molar-refractivity contribution < 1.29 is 18.3 Å². The number of H-pyrrole nitrogens is 1. The maximum absolute atomic E-state index is 14.5. The number of hydrogen-bond donors (Lipinski definition) is 2. The van der Waals surface area contributed by atoms with Gasteiger partial charge in [-0.15, -0.1) is 10.2 Å². The van der Waals surface area contributed by atoms with Crippen molar-refractivity contribution in [2.45, 2.75) is 124 Å². The molecule has 11 heteroatoms. The number of aromatic hydroxyl groups is 1. The van der Waals surface area contributed by atoms with Crippen molar-refractivity contribution in [3.63, 3.8) is 0 Å². The fourth-order valence-electron chi connectivity index (χ4n) is 6.08. The van der Waals surface area contributed by atoms with Crippen LogP contribution in [0.1, 0.15) is 128 Å². The van der Waals surface area contributed by atoms with E-state index in [2.05, 4.69) is 42.9 Å². The highest BCUT2D eigenvalue weighted by Gasteiger charge is 2.31. The van der Waals surface area contributed by atoms with Crippen molar-refractivity contribution in [2.75, 3.05) is 26.2 Å². The number of nitrogens with one attached hydrogen (secondary N) is 1. The lowest BCUT2D eigenvalue weighted by molar-refractivity contribution is 0.0753. The number of nitrogens with zero attached hydrogens (tertiary/aromatic N) is 4. The van der Waals surface area contributed by atoms with Gasteiger partial charge in [0, 0.05) is 31.7 Å². The molecule has 2 unspecified atom stereocenters. The number of benzene rings is 1. The highest BCUT2D eigenvalue weighted by Crippen LogP contribution is 2.34. The van der Waals surface area contributed by atoms with Crippen LogP contribution >= 0.6 is 0 Å². The van der Waals surface area contributed by atoms with E-state index >= 15 is 0 Å². The Bertz CT molecular complexity index is 1450. The number of unbranched alkanes of at least 4 members (excludes halogenated alkanes) is 2. The molecule has 0 radical (unpaired) electrons. The van der Waals surface area contributed by atoms with Gasteiger partial charge in [-0.2, -0.15) is 4.31 Å². The molecule has 2 atom stereocenters. The number of hydrogen-bond acceptors (Lipinski definition) is 7. The van der Waals surface area contributed by atoms with Crippen molar-refractivity contribution in [3.8, 4) is 5.88 Å². The Morgan fingerprint density at radius 2 is 1.45 bits per heavy atom. The minimum Gasteiger partial charge on any atom is -0.493 e. The lowest BCUT2D eigenvalue weighted by atomic mass is 9.95. The zero-order valence-corrected chi connectivity index (χ0v) is 30.7. The second-order valence-corrected chi connectivity index (χ2v) is 14.6. The molecule has 1 amide bonds. The molecular weight excluding hydrogens is 614 g/mol. The monoisotopic (exact) mass is 673 g/mol. The van der Waals surface area contributed by atoms with Crippen LogP contribution in [0.4, 0.5) is 11.4 Å². The summed E-state index contributed by atoms with van der Waals surface area (Å²) in [5, 5.41) is 19.2. The van der Waals surface area contributed by atoms with Crippen molar-refractivity contribution in [2.24, 2.45) is 22.1 Å². The molecule has 0 spiro atoms. The first-order valence-corrected chi connectivity index (χ1v) is 19.2. The quantitative estimate of drug-likeness (QED) is 0.120. The van der Waals surface area contributed by atoms with Crippen molar-refractivity contribution in [3.05, 3.63) is 45.7 Å². The summed E-state index contributed by atoms with van der Waals surface area (Å²) in [5.74, 6) is -0.486.